The summed E-state index contributed by atoms with van der Waals surface area (Å²) in [5.41, 5.74) is 7.96. The van der Waals surface area contributed by atoms with Crippen LogP contribution in [0, 0.1) is 0 Å². The molecular formula is C19H23N5OS. The van der Waals surface area contributed by atoms with E-state index in [0.717, 1.165) is 43.4 Å². The minimum Gasteiger partial charge on any atom is -0.342 e. The topological polar surface area (TPSA) is 74.8 Å². The highest BCUT2D eigenvalue weighted by molar-refractivity contribution is 7.09. The first kappa shape index (κ1) is 17.2. The monoisotopic (exact) mass is 369 g/mol. The Kier molecular flexibility index (Phi) is 4.99. The maximum atomic E-state index is 13.0. The van der Waals surface area contributed by atoms with E-state index in [9.17, 15) is 4.79 Å². The summed E-state index contributed by atoms with van der Waals surface area (Å²) in [6.07, 6.45) is 2.74. The van der Waals surface area contributed by atoms with Crippen LogP contribution in [-0.4, -0.2) is 52.8 Å². The minimum atomic E-state index is -0.200. The molecular weight excluding hydrogens is 346 g/mol. The lowest BCUT2D eigenvalue weighted by atomic mass is 10.1. The highest BCUT2D eigenvalue weighted by Crippen LogP contribution is 2.23. The number of thiazole rings is 1. The Balaban J connectivity index is 1.48. The molecule has 0 saturated carbocycles. The molecule has 4 rings (SSSR count). The third kappa shape index (κ3) is 3.50. The Hall–Kier alpha value is -2.25. The molecule has 1 aromatic carbocycles. The molecule has 1 amide bonds. The maximum absolute atomic E-state index is 13.0. The lowest BCUT2D eigenvalue weighted by molar-refractivity contribution is 0.0795. The molecule has 1 saturated heterocycles. The number of benzene rings is 1. The van der Waals surface area contributed by atoms with E-state index in [1.165, 1.54) is 16.9 Å². The van der Waals surface area contributed by atoms with Crippen LogP contribution in [0.3, 0.4) is 0 Å². The van der Waals surface area contributed by atoms with Crippen molar-refractivity contribution in [2.24, 2.45) is 10.7 Å². The molecule has 2 N–H and O–H groups in total. The van der Waals surface area contributed by atoms with Crippen molar-refractivity contribution < 1.29 is 4.79 Å². The van der Waals surface area contributed by atoms with Gasteiger partial charge in [0.25, 0.3) is 5.91 Å². The van der Waals surface area contributed by atoms with Crippen molar-refractivity contribution in [3.05, 3.63) is 52.0 Å². The van der Waals surface area contributed by atoms with Gasteiger partial charge in [-0.3, -0.25) is 14.7 Å². The second-order valence-electron chi connectivity index (χ2n) is 6.70. The number of nitrogens with two attached hydrogens (primary N) is 1. The SMILES string of the molecule is NC(Cc1ccccc1)c1nc(C(=O)N2CCCN3CCCN=C32)cs1. The molecule has 1 aromatic heterocycles. The Morgan fingerprint density at radius 2 is 2.00 bits per heavy atom. The van der Waals surface area contributed by atoms with Gasteiger partial charge in [0.2, 0.25) is 5.96 Å². The van der Waals surface area contributed by atoms with Crippen molar-refractivity contribution in [1.29, 1.82) is 0 Å². The average molecular weight is 369 g/mol. The number of guanidine groups is 1. The maximum Gasteiger partial charge on any atom is 0.280 e. The van der Waals surface area contributed by atoms with Crippen LogP contribution in [-0.2, 0) is 6.42 Å². The highest BCUT2D eigenvalue weighted by Gasteiger charge is 2.31. The molecule has 136 valence electrons. The number of aliphatic imine (C=N–C) groups is 1. The summed E-state index contributed by atoms with van der Waals surface area (Å²) in [5.74, 6) is 0.750. The van der Waals surface area contributed by atoms with E-state index in [0.29, 0.717) is 18.7 Å². The van der Waals surface area contributed by atoms with Gasteiger partial charge in [0.05, 0.1) is 6.04 Å². The smallest absolute Gasteiger partial charge is 0.280 e. The van der Waals surface area contributed by atoms with Crippen LogP contribution < -0.4 is 5.73 Å². The van der Waals surface area contributed by atoms with Gasteiger partial charge in [-0.1, -0.05) is 30.3 Å². The number of aromatic nitrogens is 1. The molecule has 0 aliphatic carbocycles. The summed E-state index contributed by atoms with van der Waals surface area (Å²) in [7, 11) is 0. The van der Waals surface area contributed by atoms with Crippen molar-refractivity contribution in [2.45, 2.75) is 25.3 Å². The largest absolute Gasteiger partial charge is 0.342 e. The second-order valence-corrected chi connectivity index (χ2v) is 7.59. The predicted molar refractivity (Wildman–Crippen MR) is 103 cm³/mol. The first-order chi connectivity index (χ1) is 12.7. The van der Waals surface area contributed by atoms with Crippen LogP contribution in [0.25, 0.3) is 0 Å². The Morgan fingerprint density at radius 3 is 2.85 bits per heavy atom. The zero-order chi connectivity index (χ0) is 17.9. The van der Waals surface area contributed by atoms with Crippen LogP contribution in [0.1, 0.15) is 39.9 Å². The van der Waals surface area contributed by atoms with E-state index in [1.807, 2.05) is 23.6 Å². The van der Waals surface area contributed by atoms with Gasteiger partial charge in [-0.25, -0.2) is 4.98 Å². The van der Waals surface area contributed by atoms with Crippen molar-refractivity contribution in [3.63, 3.8) is 0 Å². The van der Waals surface area contributed by atoms with E-state index < -0.39 is 0 Å². The number of carbonyl (C=O) groups excluding carboxylic acids is 1. The molecule has 1 unspecified atom stereocenters. The van der Waals surface area contributed by atoms with Crippen molar-refractivity contribution in [1.82, 2.24) is 14.8 Å². The van der Waals surface area contributed by atoms with E-state index in [2.05, 4.69) is 27.0 Å². The van der Waals surface area contributed by atoms with Gasteiger partial charge in [-0.2, -0.15) is 0 Å². The fourth-order valence-electron chi connectivity index (χ4n) is 3.47. The quantitative estimate of drug-likeness (QED) is 0.897. The number of carbonyl (C=O) groups is 1. The van der Waals surface area contributed by atoms with Gasteiger partial charge < -0.3 is 10.6 Å². The summed E-state index contributed by atoms with van der Waals surface area (Å²) in [5, 5.41) is 2.63. The van der Waals surface area contributed by atoms with Crippen molar-refractivity contribution in [2.75, 3.05) is 26.2 Å². The van der Waals surface area contributed by atoms with Crippen LogP contribution in [0.4, 0.5) is 0 Å². The van der Waals surface area contributed by atoms with Gasteiger partial charge in [0.1, 0.15) is 10.7 Å². The van der Waals surface area contributed by atoms with E-state index in [-0.39, 0.29) is 11.9 Å². The number of hydrogen-bond donors (Lipinski definition) is 1. The molecule has 2 aliphatic heterocycles. The van der Waals surface area contributed by atoms with Gasteiger partial charge in [-0.15, -0.1) is 11.3 Å². The van der Waals surface area contributed by atoms with E-state index >= 15 is 0 Å². The molecule has 0 radical (unpaired) electrons. The molecule has 2 aromatic rings. The molecule has 0 bridgehead atoms. The predicted octanol–water partition coefficient (Wildman–Crippen LogP) is 2.29. The standard InChI is InChI=1S/C19H23N5OS/c20-15(12-14-6-2-1-3-7-14)17-22-16(13-26-17)18(25)24-11-5-10-23-9-4-8-21-19(23)24/h1-3,6-7,13,15H,4-5,8-12,20H2. The Bertz CT molecular complexity index is 803. The van der Waals surface area contributed by atoms with Crippen LogP contribution in [0.2, 0.25) is 0 Å². The fraction of sp³-hybridized carbons (Fsp3) is 0.421. The zero-order valence-corrected chi connectivity index (χ0v) is 15.5. The molecule has 26 heavy (non-hydrogen) atoms. The molecule has 2 aliphatic rings. The first-order valence-corrected chi connectivity index (χ1v) is 9.96. The van der Waals surface area contributed by atoms with Gasteiger partial charge in [0, 0.05) is 31.6 Å². The molecule has 1 fully saturated rings. The number of fused-ring (bicyclic) bond motifs is 1. The minimum absolute atomic E-state index is 0.0650. The summed E-state index contributed by atoms with van der Waals surface area (Å²) in [4.78, 5) is 26.1. The Labute approximate surface area is 157 Å². The fourth-order valence-corrected chi connectivity index (χ4v) is 4.27. The number of nitrogens with zero attached hydrogens (tertiary/aromatic N) is 4. The van der Waals surface area contributed by atoms with Crippen LogP contribution in [0.15, 0.2) is 40.7 Å². The molecule has 3 heterocycles. The Morgan fingerprint density at radius 1 is 1.19 bits per heavy atom. The number of hydrogen-bond acceptors (Lipinski definition) is 6. The summed E-state index contributed by atoms with van der Waals surface area (Å²) >= 11 is 1.46. The van der Waals surface area contributed by atoms with Gasteiger partial charge in [0.15, 0.2) is 0 Å². The molecule has 0 spiro atoms. The molecule has 7 heteroatoms. The number of rotatable bonds is 4. The van der Waals surface area contributed by atoms with Crippen molar-refractivity contribution in [3.8, 4) is 0 Å². The number of amides is 1. The lowest BCUT2D eigenvalue weighted by Gasteiger charge is -2.39. The molecule has 6 nitrogen and oxygen atoms in total. The first-order valence-electron chi connectivity index (χ1n) is 9.08. The van der Waals surface area contributed by atoms with Gasteiger partial charge in [-0.05, 0) is 24.8 Å². The average Bonchev–Trinajstić information content (AvgIpc) is 3.18. The van der Waals surface area contributed by atoms with Crippen LogP contribution >= 0.6 is 11.3 Å². The third-order valence-corrected chi connectivity index (χ3v) is 5.75. The van der Waals surface area contributed by atoms with E-state index in [1.54, 1.807) is 4.90 Å². The van der Waals surface area contributed by atoms with Gasteiger partial charge >= 0.3 is 0 Å². The van der Waals surface area contributed by atoms with Crippen molar-refractivity contribution >= 4 is 23.2 Å². The van der Waals surface area contributed by atoms with Crippen LogP contribution in [0.5, 0.6) is 0 Å². The normalized spacial score (nSPS) is 18.3. The highest BCUT2D eigenvalue weighted by atomic mass is 32.1. The summed E-state index contributed by atoms with van der Waals surface area (Å²) in [6, 6.07) is 9.92. The lowest BCUT2D eigenvalue weighted by Crippen LogP contribution is -2.54. The summed E-state index contributed by atoms with van der Waals surface area (Å²) in [6.45, 7) is 3.46. The zero-order valence-electron chi connectivity index (χ0n) is 14.7. The second kappa shape index (κ2) is 7.55. The molecule has 1 atom stereocenters. The van der Waals surface area contributed by atoms with E-state index in [4.69, 9.17) is 5.73 Å². The third-order valence-electron chi connectivity index (χ3n) is 4.78. The summed E-state index contributed by atoms with van der Waals surface area (Å²) < 4.78 is 0.